The third-order valence-corrected chi connectivity index (χ3v) is 2.60. The first-order valence-corrected chi connectivity index (χ1v) is 4.13. The molecule has 1 aliphatic rings. The van der Waals surface area contributed by atoms with Gasteiger partial charge >= 0.3 is 0 Å². The molecule has 0 aromatic carbocycles. The number of carbonyl (C=O) groups excluding carboxylic acids is 2. The van der Waals surface area contributed by atoms with Gasteiger partial charge in [-0.2, -0.15) is 0 Å². The number of halogens is 2. The number of hydrogen-bond acceptors (Lipinski definition) is 4. The Labute approximate surface area is 79.9 Å². The van der Waals surface area contributed by atoms with Crippen molar-refractivity contribution in [3.8, 4) is 0 Å². The fraction of sp³-hybridized carbons (Fsp3) is 0.667. The second kappa shape index (κ2) is 3.70. The van der Waals surface area contributed by atoms with Crippen LogP contribution in [0.1, 0.15) is 0 Å². The zero-order chi connectivity index (χ0) is 9.19. The third kappa shape index (κ3) is 1.61. The van der Waals surface area contributed by atoms with Gasteiger partial charge in [0.1, 0.15) is 23.5 Å². The lowest BCUT2D eigenvalue weighted by Crippen LogP contribution is -2.57. The van der Waals surface area contributed by atoms with Gasteiger partial charge in [-0.3, -0.25) is 5.32 Å². The van der Waals surface area contributed by atoms with Crippen molar-refractivity contribution in [2.45, 2.75) is 5.50 Å². The lowest BCUT2D eigenvalue weighted by Gasteiger charge is -2.36. The van der Waals surface area contributed by atoms with Crippen LogP contribution in [0.15, 0.2) is 0 Å². The highest BCUT2D eigenvalue weighted by molar-refractivity contribution is 6.24. The van der Waals surface area contributed by atoms with Crippen LogP contribution in [-0.2, 0) is 9.59 Å². The second-order valence-electron chi connectivity index (χ2n) is 2.69. The normalized spacial score (nSPS) is 29.7. The summed E-state index contributed by atoms with van der Waals surface area (Å²) in [5.74, 6) is 0. The van der Waals surface area contributed by atoms with Gasteiger partial charge in [0.2, 0.25) is 0 Å². The predicted octanol–water partition coefficient (Wildman–Crippen LogP) is -0.0480. The van der Waals surface area contributed by atoms with Crippen LogP contribution in [0.5, 0.6) is 0 Å². The summed E-state index contributed by atoms with van der Waals surface area (Å²) in [5, 5.41) is 2.72. The van der Waals surface area contributed by atoms with Gasteiger partial charge in [0.05, 0.1) is 6.67 Å². The van der Waals surface area contributed by atoms with Crippen molar-refractivity contribution in [2.24, 2.45) is 5.41 Å². The fourth-order valence-electron chi connectivity index (χ4n) is 1.02. The highest BCUT2D eigenvalue weighted by Crippen LogP contribution is 2.25. The number of carbonyl (C=O) groups is 2. The molecule has 12 heavy (non-hydrogen) atoms. The summed E-state index contributed by atoms with van der Waals surface area (Å²) in [4.78, 5) is 21.3. The Bertz CT molecular complexity index is 192. The summed E-state index contributed by atoms with van der Waals surface area (Å²) < 4.78 is 1.31. The van der Waals surface area contributed by atoms with Crippen LogP contribution < -0.4 is 5.32 Å². The van der Waals surface area contributed by atoms with Gasteiger partial charge in [-0.05, 0) is 11.8 Å². The summed E-state index contributed by atoms with van der Waals surface area (Å²) in [5.41, 5.74) is -1.90. The molecule has 0 radical (unpaired) electrons. The average molecular weight is 211 g/mol. The number of rotatable bonds is 2. The molecule has 6 heteroatoms. The van der Waals surface area contributed by atoms with Gasteiger partial charge in [0.25, 0.3) is 0 Å². The quantitative estimate of drug-likeness (QED) is 0.229. The Morgan fingerprint density at radius 3 is 2.50 bits per heavy atom. The maximum absolute atomic E-state index is 10.6. The average Bonchev–Trinajstić information content (AvgIpc) is 2.09. The van der Waals surface area contributed by atoms with Crippen molar-refractivity contribution < 1.29 is 9.59 Å². The highest BCUT2D eigenvalue weighted by atomic mass is 35.5. The number of aldehydes is 2. The summed E-state index contributed by atoms with van der Waals surface area (Å²) in [6.45, 7) is 0.502. The fourth-order valence-corrected chi connectivity index (χ4v) is 1.54. The molecule has 0 aromatic rings. The second-order valence-corrected chi connectivity index (χ2v) is 3.61. The maximum atomic E-state index is 10.6. The van der Waals surface area contributed by atoms with Crippen molar-refractivity contribution in [1.29, 1.82) is 0 Å². The first kappa shape index (κ1) is 9.92. The van der Waals surface area contributed by atoms with E-state index in [4.69, 9.17) is 23.4 Å². The molecule has 1 atom stereocenters. The van der Waals surface area contributed by atoms with Crippen LogP contribution in [0.2, 0.25) is 0 Å². The molecule has 0 aliphatic carbocycles. The lowest BCUT2D eigenvalue weighted by molar-refractivity contribution is -0.128. The van der Waals surface area contributed by atoms with Crippen molar-refractivity contribution in [2.75, 3.05) is 13.2 Å². The van der Waals surface area contributed by atoms with Crippen LogP contribution in [0, 0.1) is 5.41 Å². The summed E-state index contributed by atoms with van der Waals surface area (Å²) >= 11 is 11.4. The van der Waals surface area contributed by atoms with E-state index in [0.717, 1.165) is 0 Å². The van der Waals surface area contributed by atoms with Crippen molar-refractivity contribution in [3.05, 3.63) is 0 Å². The minimum Gasteiger partial charge on any atom is -0.302 e. The van der Waals surface area contributed by atoms with Crippen molar-refractivity contribution >= 4 is 35.9 Å². The van der Waals surface area contributed by atoms with Crippen LogP contribution >= 0.6 is 23.4 Å². The van der Waals surface area contributed by atoms with Crippen LogP contribution in [0.4, 0.5) is 0 Å². The maximum Gasteiger partial charge on any atom is 0.137 e. The molecular weight excluding hydrogens is 203 g/mol. The number of nitrogens with zero attached hydrogens (tertiary/aromatic N) is 1. The van der Waals surface area contributed by atoms with E-state index < -0.39 is 10.9 Å². The van der Waals surface area contributed by atoms with Crippen molar-refractivity contribution in [1.82, 2.24) is 9.74 Å². The molecule has 0 bridgehead atoms. The van der Waals surface area contributed by atoms with E-state index in [9.17, 15) is 9.59 Å². The number of hydrogen-bond donors (Lipinski definition) is 1. The van der Waals surface area contributed by atoms with Gasteiger partial charge in [0, 0.05) is 6.54 Å². The van der Waals surface area contributed by atoms with E-state index in [1.165, 1.54) is 4.42 Å². The molecule has 1 rings (SSSR count). The Morgan fingerprint density at radius 2 is 2.08 bits per heavy atom. The molecule has 0 amide bonds. The van der Waals surface area contributed by atoms with E-state index in [0.29, 0.717) is 19.2 Å². The van der Waals surface area contributed by atoms with Crippen LogP contribution in [0.25, 0.3) is 0 Å². The topological polar surface area (TPSA) is 49.4 Å². The molecular formula is C6H8Cl2N2O2. The summed E-state index contributed by atoms with van der Waals surface area (Å²) in [7, 11) is 0. The highest BCUT2D eigenvalue weighted by Gasteiger charge is 2.42. The van der Waals surface area contributed by atoms with Gasteiger partial charge in [-0.15, -0.1) is 11.6 Å². The molecule has 68 valence electrons. The summed E-state index contributed by atoms with van der Waals surface area (Å²) in [6.07, 6.45) is 1.05. The molecule has 1 unspecified atom stereocenters. The molecule has 0 saturated carbocycles. The lowest BCUT2D eigenvalue weighted by atomic mass is 9.90. The minimum atomic E-state index is -1.22. The van der Waals surface area contributed by atoms with E-state index >= 15 is 0 Å². The molecule has 0 spiro atoms. The van der Waals surface area contributed by atoms with Crippen LogP contribution in [-0.4, -0.2) is 35.7 Å². The largest absolute Gasteiger partial charge is 0.302 e. The van der Waals surface area contributed by atoms with E-state index in [1.54, 1.807) is 0 Å². The first-order valence-electron chi connectivity index (χ1n) is 3.35. The van der Waals surface area contributed by atoms with Gasteiger partial charge in [0.15, 0.2) is 0 Å². The molecule has 1 saturated heterocycles. The molecule has 1 aliphatic heterocycles. The van der Waals surface area contributed by atoms with Gasteiger partial charge < -0.3 is 9.59 Å². The smallest absolute Gasteiger partial charge is 0.137 e. The zero-order valence-corrected chi connectivity index (χ0v) is 7.68. The number of nitrogens with one attached hydrogen (secondary N) is 1. The summed E-state index contributed by atoms with van der Waals surface area (Å²) in [6, 6.07) is 0. The zero-order valence-electron chi connectivity index (χ0n) is 6.17. The molecule has 1 heterocycles. The first-order chi connectivity index (χ1) is 5.64. The van der Waals surface area contributed by atoms with Crippen LogP contribution in [0.3, 0.4) is 0 Å². The predicted molar refractivity (Wildman–Crippen MR) is 44.8 cm³/mol. The Balaban J connectivity index is 2.82. The minimum absolute atomic E-state index is 0.142. The van der Waals surface area contributed by atoms with Gasteiger partial charge in [-0.1, -0.05) is 0 Å². The number of alkyl halides is 1. The van der Waals surface area contributed by atoms with Crippen molar-refractivity contribution in [3.63, 3.8) is 0 Å². The Hall–Kier alpha value is -0.160. The third-order valence-electron chi connectivity index (χ3n) is 1.80. The molecule has 0 aromatic heterocycles. The molecule has 1 N–H and O–H groups in total. The van der Waals surface area contributed by atoms with Gasteiger partial charge in [-0.25, -0.2) is 4.42 Å². The standard InChI is InChI=1S/C6H8Cl2N2O2/c7-5-6(2-11,3-12)1-10(8)4-9-5/h2-3,5,9H,1,4H2. The monoisotopic (exact) mass is 210 g/mol. The SMILES string of the molecule is O=CC1(C=O)CN(Cl)CNC1Cl. The molecule has 4 nitrogen and oxygen atoms in total. The van der Waals surface area contributed by atoms with E-state index in [2.05, 4.69) is 5.32 Å². The Kier molecular flexibility index (Phi) is 3.06. The Morgan fingerprint density at radius 1 is 1.50 bits per heavy atom. The van der Waals surface area contributed by atoms with E-state index in [1.807, 2.05) is 0 Å². The van der Waals surface area contributed by atoms with E-state index in [-0.39, 0.29) is 6.54 Å². The molecule has 1 fully saturated rings.